The highest BCUT2D eigenvalue weighted by Gasteiger charge is 2.12. The maximum absolute atomic E-state index is 5.82. The molecule has 2 rings (SSSR count). The topological polar surface area (TPSA) is 54.7 Å². The quantitative estimate of drug-likeness (QED) is 0.886. The second kappa shape index (κ2) is 4.29. The van der Waals surface area contributed by atoms with E-state index in [2.05, 4.69) is 52.1 Å². The molecule has 0 spiro atoms. The summed E-state index contributed by atoms with van der Waals surface area (Å²) >= 11 is 3.48. The number of nitrogens with zero attached hydrogens (tertiary/aromatic N) is 1. The molecule has 0 aliphatic heterocycles. The molecule has 0 bridgehead atoms. The summed E-state index contributed by atoms with van der Waals surface area (Å²) < 4.78 is 1.06. The van der Waals surface area contributed by atoms with Crippen LogP contribution in [0.25, 0.3) is 11.3 Å². The van der Waals surface area contributed by atoms with Crippen LogP contribution in [0.4, 0.5) is 5.82 Å². The molecule has 0 radical (unpaired) electrons. The van der Waals surface area contributed by atoms with Crippen LogP contribution in [0, 0.1) is 6.92 Å². The van der Waals surface area contributed by atoms with Crippen molar-refractivity contribution in [2.75, 3.05) is 5.73 Å². The molecule has 16 heavy (non-hydrogen) atoms. The maximum atomic E-state index is 5.82. The fraction of sp³-hybridized carbons (Fsp3) is 0.250. The minimum absolute atomic E-state index is 0.594. The van der Waals surface area contributed by atoms with Crippen LogP contribution in [-0.2, 0) is 6.42 Å². The van der Waals surface area contributed by atoms with E-state index in [4.69, 9.17) is 5.73 Å². The van der Waals surface area contributed by atoms with Crippen LogP contribution < -0.4 is 5.73 Å². The number of nitrogen functional groups attached to an aromatic ring is 1. The van der Waals surface area contributed by atoms with E-state index in [1.807, 2.05) is 6.07 Å². The van der Waals surface area contributed by atoms with Gasteiger partial charge in [0.2, 0.25) is 0 Å². The summed E-state index contributed by atoms with van der Waals surface area (Å²) in [5.74, 6) is 0.594. The lowest BCUT2D eigenvalue weighted by Gasteiger charge is -2.06. The van der Waals surface area contributed by atoms with Crippen LogP contribution in [0.1, 0.15) is 18.1 Å². The number of hydrogen-bond donors (Lipinski definition) is 2. The molecule has 0 saturated carbocycles. The molecule has 0 atom stereocenters. The summed E-state index contributed by atoms with van der Waals surface area (Å²) in [5, 5.41) is 7.09. The van der Waals surface area contributed by atoms with Gasteiger partial charge in [-0.3, -0.25) is 5.10 Å². The van der Waals surface area contributed by atoms with Crippen LogP contribution in [0.5, 0.6) is 0 Å². The van der Waals surface area contributed by atoms with Crippen molar-refractivity contribution >= 4 is 21.7 Å². The van der Waals surface area contributed by atoms with E-state index in [0.29, 0.717) is 5.82 Å². The molecule has 84 valence electrons. The van der Waals surface area contributed by atoms with Gasteiger partial charge in [-0.1, -0.05) is 28.9 Å². The largest absolute Gasteiger partial charge is 0.382 e. The Hall–Kier alpha value is -1.29. The lowest BCUT2D eigenvalue weighted by atomic mass is 10.0. The van der Waals surface area contributed by atoms with Crippen molar-refractivity contribution < 1.29 is 0 Å². The van der Waals surface area contributed by atoms with Crippen molar-refractivity contribution in [2.45, 2.75) is 20.3 Å². The highest BCUT2D eigenvalue weighted by atomic mass is 79.9. The fourth-order valence-electron chi connectivity index (χ4n) is 1.82. The molecule has 0 aliphatic rings. The number of anilines is 1. The number of benzene rings is 1. The van der Waals surface area contributed by atoms with Crippen molar-refractivity contribution in [3.63, 3.8) is 0 Å². The van der Waals surface area contributed by atoms with Crippen LogP contribution in [0.2, 0.25) is 0 Å². The molecular formula is C12H14BrN3. The predicted molar refractivity (Wildman–Crippen MR) is 70.3 cm³/mol. The van der Waals surface area contributed by atoms with E-state index in [-0.39, 0.29) is 0 Å². The van der Waals surface area contributed by atoms with Gasteiger partial charge in [-0.05, 0) is 31.0 Å². The van der Waals surface area contributed by atoms with Gasteiger partial charge in [0.25, 0.3) is 0 Å². The molecule has 1 aromatic carbocycles. The Balaban J connectivity index is 2.62. The SMILES string of the molecule is CCc1c(N)n[nH]c1-c1cc(Br)ccc1C. The van der Waals surface area contributed by atoms with Gasteiger partial charge in [-0.15, -0.1) is 0 Å². The predicted octanol–water partition coefficient (Wildman–Crippen LogP) is 3.29. The number of halogens is 1. The number of nitrogens with two attached hydrogens (primary N) is 1. The highest BCUT2D eigenvalue weighted by Crippen LogP contribution is 2.30. The van der Waals surface area contributed by atoms with Gasteiger partial charge in [0.05, 0.1) is 5.69 Å². The molecule has 4 heteroatoms. The Morgan fingerprint density at radius 3 is 2.88 bits per heavy atom. The van der Waals surface area contributed by atoms with Crippen molar-refractivity contribution in [1.82, 2.24) is 10.2 Å². The van der Waals surface area contributed by atoms with Crippen LogP contribution in [0.3, 0.4) is 0 Å². The van der Waals surface area contributed by atoms with Crippen LogP contribution in [-0.4, -0.2) is 10.2 Å². The number of aryl methyl sites for hydroxylation is 1. The molecular weight excluding hydrogens is 266 g/mol. The first kappa shape index (κ1) is 11.2. The fourth-order valence-corrected chi connectivity index (χ4v) is 2.18. The Bertz CT molecular complexity index is 517. The number of nitrogens with one attached hydrogen (secondary N) is 1. The number of aromatic nitrogens is 2. The van der Waals surface area contributed by atoms with Gasteiger partial charge in [-0.25, -0.2) is 0 Å². The van der Waals surface area contributed by atoms with E-state index < -0.39 is 0 Å². The first-order valence-electron chi connectivity index (χ1n) is 5.22. The third-order valence-electron chi connectivity index (χ3n) is 2.72. The molecule has 0 amide bonds. The zero-order valence-electron chi connectivity index (χ0n) is 9.34. The van der Waals surface area contributed by atoms with E-state index in [9.17, 15) is 0 Å². The Morgan fingerprint density at radius 1 is 1.44 bits per heavy atom. The zero-order valence-corrected chi connectivity index (χ0v) is 10.9. The summed E-state index contributed by atoms with van der Waals surface area (Å²) in [4.78, 5) is 0. The second-order valence-corrected chi connectivity index (χ2v) is 4.69. The number of H-pyrrole nitrogens is 1. The van der Waals surface area contributed by atoms with E-state index in [1.54, 1.807) is 0 Å². The minimum Gasteiger partial charge on any atom is -0.382 e. The third kappa shape index (κ3) is 1.85. The molecule has 0 saturated heterocycles. The average Bonchev–Trinajstić information content (AvgIpc) is 2.63. The molecule has 3 N–H and O–H groups in total. The average molecular weight is 280 g/mol. The summed E-state index contributed by atoms with van der Waals surface area (Å²) in [6, 6.07) is 6.20. The van der Waals surface area contributed by atoms with E-state index in [0.717, 1.165) is 27.7 Å². The van der Waals surface area contributed by atoms with E-state index in [1.165, 1.54) is 5.56 Å². The van der Waals surface area contributed by atoms with Gasteiger partial charge in [0.15, 0.2) is 0 Å². The standard InChI is InChI=1S/C12H14BrN3/c1-3-9-11(15-16-12(9)14)10-6-8(13)5-4-7(10)2/h4-6H,3H2,1-2H3,(H3,14,15,16). The molecule has 0 unspecified atom stereocenters. The molecule has 0 aliphatic carbocycles. The summed E-state index contributed by atoms with van der Waals surface area (Å²) in [7, 11) is 0. The van der Waals surface area contributed by atoms with Gasteiger partial charge in [-0.2, -0.15) is 5.10 Å². The molecule has 1 aromatic heterocycles. The molecule has 3 nitrogen and oxygen atoms in total. The molecule has 0 fully saturated rings. The highest BCUT2D eigenvalue weighted by molar-refractivity contribution is 9.10. The summed E-state index contributed by atoms with van der Waals surface area (Å²) in [6.45, 7) is 4.16. The first-order valence-corrected chi connectivity index (χ1v) is 6.02. The van der Waals surface area contributed by atoms with Crippen molar-refractivity contribution in [1.29, 1.82) is 0 Å². The zero-order chi connectivity index (χ0) is 11.7. The lowest BCUT2D eigenvalue weighted by molar-refractivity contribution is 1.10. The third-order valence-corrected chi connectivity index (χ3v) is 3.21. The number of rotatable bonds is 2. The number of hydrogen-bond acceptors (Lipinski definition) is 2. The molecule has 2 aromatic rings. The minimum atomic E-state index is 0.594. The molecule has 1 heterocycles. The van der Waals surface area contributed by atoms with Gasteiger partial charge in [0, 0.05) is 15.6 Å². The maximum Gasteiger partial charge on any atom is 0.149 e. The summed E-state index contributed by atoms with van der Waals surface area (Å²) in [6.07, 6.45) is 0.879. The summed E-state index contributed by atoms with van der Waals surface area (Å²) in [5.41, 5.74) is 10.3. The van der Waals surface area contributed by atoms with Gasteiger partial charge < -0.3 is 5.73 Å². The van der Waals surface area contributed by atoms with Crippen molar-refractivity contribution in [3.8, 4) is 11.3 Å². The van der Waals surface area contributed by atoms with Crippen molar-refractivity contribution in [2.24, 2.45) is 0 Å². The lowest BCUT2D eigenvalue weighted by Crippen LogP contribution is -1.92. The normalized spacial score (nSPS) is 10.7. The van der Waals surface area contributed by atoms with Gasteiger partial charge in [0.1, 0.15) is 5.82 Å². The smallest absolute Gasteiger partial charge is 0.149 e. The first-order chi connectivity index (χ1) is 7.63. The monoisotopic (exact) mass is 279 g/mol. The second-order valence-electron chi connectivity index (χ2n) is 3.78. The van der Waals surface area contributed by atoms with Crippen LogP contribution in [0.15, 0.2) is 22.7 Å². The van der Waals surface area contributed by atoms with Crippen molar-refractivity contribution in [3.05, 3.63) is 33.8 Å². The van der Waals surface area contributed by atoms with Crippen LogP contribution >= 0.6 is 15.9 Å². The number of aromatic amines is 1. The van der Waals surface area contributed by atoms with Gasteiger partial charge >= 0.3 is 0 Å². The Morgan fingerprint density at radius 2 is 2.19 bits per heavy atom. The Kier molecular flexibility index (Phi) is 3.01. The van der Waals surface area contributed by atoms with E-state index >= 15 is 0 Å². The Labute approximate surface area is 103 Å².